The van der Waals surface area contributed by atoms with E-state index in [4.69, 9.17) is 15.5 Å². The first kappa shape index (κ1) is 14.9. The van der Waals surface area contributed by atoms with Gasteiger partial charge in [-0.3, -0.25) is 0 Å². The van der Waals surface area contributed by atoms with Crippen LogP contribution in [0.15, 0.2) is 34.2 Å². The Hall–Kier alpha value is -0.490. The molecule has 1 heterocycles. The lowest BCUT2D eigenvalue weighted by molar-refractivity contribution is 0.158. The summed E-state index contributed by atoms with van der Waals surface area (Å²) in [7, 11) is 0. The molecule has 2 N–H and O–H groups in total. The summed E-state index contributed by atoms with van der Waals surface area (Å²) in [6.45, 7) is 6.39. The smallest absolute Gasteiger partial charge is 0.0899 e. The van der Waals surface area contributed by atoms with E-state index in [1.807, 2.05) is 17.8 Å². The lowest BCUT2D eigenvalue weighted by Crippen LogP contribution is -2.27. The van der Waals surface area contributed by atoms with Crippen molar-refractivity contribution in [3.05, 3.63) is 24.3 Å². The molecular formula is C14H20N2OS2. The highest BCUT2D eigenvalue weighted by Crippen LogP contribution is 2.46. The molecule has 5 heteroatoms. The van der Waals surface area contributed by atoms with Crippen molar-refractivity contribution in [3.8, 4) is 0 Å². The third-order valence-corrected chi connectivity index (χ3v) is 5.34. The van der Waals surface area contributed by atoms with Crippen LogP contribution < -0.4 is 5.73 Å². The van der Waals surface area contributed by atoms with E-state index in [1.165, 1.54) is 9.94 Å². The fourth-order valence-corrected chi connectivity index (χ4v) is 4.04. The number of aliphatic imine (C=N–C) groups is 1. The number of fused-ring (bicyclic) bond motifs is 1. The van der Waals surface area contributed by atoms with Gasteiger partial charge < -0.3 is 10.5 Å². The molecule has 0 amide bonds. The van der Waals surface area contributed by atoms with Crippen LogP contribution in [0.25, 0.3) is 0 Å². The number of para-hydroxylation sites is 1. The van der Waals surface area contributed by atoms with Gasteiger partial charge in [-0.15, -0.1) is 23.5 Å². The highest BCUT2D eigenvalue weighted by molar-refractivity contribution is 8.16. The zero-order valence-electron chi connectivity index (χ0n) is 11.4. The molecule has 1 aromatic rings. The number of nitrogens with zero attached hydrogens (tertiary/aromatic N) is 1. The number of thioether (sulfide) groups is 2. The first-order chi connectivity index (χ1) is 9.13. The minimum absolute atomic E-state index is 0.0346. The van der Waals surface area contributed by atoms with Crippen molar-refractivity contribution in [1.29, 1.82) is 0 Å². The molecule has 19 heavy (non-hydrogen) atoms. The average Bonchev–Trinajstić information content (AvgIpc) is 2.38. The number of hydrogen-bond donors (Lipinski definition) is 1. The van der Waals surface area contributed by atoms with Crippen LogP contribution in [0.4, 0.5) is 5.69 Å². The average molecular weight is 296 g/mol. The number of nitrogens with two attached hydrogens (primary N) is 1. The van der Waals surface area contributed by atoms with Crippen LogP contribution in [0.2, 0.25) is 0 Å². The molecule has 2 rings (SSSR count). The summed E-state index contributed by atoms with van der Waals surface area (Å²) < 4.78 is 5.44. The molecule has 104 valence electrons. The van der Waals surface area contributed by atoms with Crippen molar-refractivity contribution in [1.82, 2.24) is 0 Å². The van der Waals surface area contributed by atoms with Gasteiger partial charge in [-0.05, 0) is 26.0 Å². The van der Waals surface area contributed by atoms with Gasteiger partial charge in [0.25, 0.3) is 0 Å². The van der Waals surface area contributed by atoms with E-state index >= 15 is 0 Å². The van der Waals surface area contributed by atoms with Crippen LogP contribution in [0.1, 0.15) is 13.8 Å². The second kappa shape index (κ2) is 6.79. The Morgan fingerprint density at radius 2 is 2.11 bits per heavy atom. The SMILES string of the molecule is CC1(C)Sc2ccccc2N=C1SCCOCCN. The van der Waals surface area contributed by atoms with Gasteiger partial charge in [0.15, 0.2) is 0 Å². The second-order valence-electron chi connectivity index (χ2n) is 4.75. The summed E-state index contributed by atoms with van der Waals surface area (Å²) >= 11 is 3.66. The van der Waals surface area contributed by atoms with Crippen LogP contribution in [0, 0.1) is 0 Å². The largest absolute Gasteiger partial charge is 0.379 e. The molecule has 3 nitrogen and oxygen atoms in total. The van der Waals surface area contributed by atoms with Gasteiger partial charge in [0.05, 0.1) is 28.7 Å². The number of benzene rings is 1. The number of rotatable bonds is 5. The first-order valence-electron chi connectivity index (χ1n) is 6.41. The highest BCUT2D eigenvalue weighted by atomic mass is 32.2. The molecule has 0 fully saturated rings. The summed E-state index contributed by atoms with van der Waals surface area (Å²) in [6.07, 6.45) is 0. The van der Waals surface area contributed by atoms with Crippen LogP contribution in [0.5, 0.6) is 0 Å². The van der Waals surface area contributed by atoms with Crippen LogP contribution in [-0.4, -0.2) is 35.3 Å². The van der Waals surface area contributed by atoms with E-state index in [0.717, 1.165) is 18.0 Å². The standard InChI is InChI=1S/C14H20N2OS2/c1-14(2)13(18-10-9-17-8-7-15)16-11-5-3-4-6-12(11)19-14/h3-6H,7-10,15H2,1-2H3. The Kier molecular flexibility index (Phi) is 5.33. The lowest BCUT2D eigenvalue weighted by Gasteiger charge is -2.30. The van der Waals surface area contributed by atoms with Crippen molar-refractivity contribution >= 4 is 34.3 Å². The molecule has 0 saturated heterocycles. The summed E-state index contributed by atoms with van der Waals surface area (Å²) in [6, 6.07) is 8.31. The zero-order valence-corrected chi connectivity index (χ0v) is 13.0. The molecule has 1 aliphatic heterocycles. The Morgan fingerprint density at radius 1 is 1.32 bits per heavy atom. The summed E-state index contributed by atoms with van der Waals surface area (Å²) in [5, 5.41) is 1.17. The summed E-state index contributed by atoms with van der Waals surface area (Å²) in [5.41, 5.74) is 6.47. The molecule has 0 spiro atoms. The molecule has 0 saturated carbocycles. The van der Waals surface area contributed by atoms with Gasteiger partial charge in [0, 0.05) is 17.2 Å². The number of ether oxygens (including phenoxy) is 1. The van der Waals surface area contributed by atoms with Crippen LogP contribution in [-0.2, 0) is 4.74 Å². The Bertz CT molecular complexity index is 461. The first-order valence-corrected chi connectivity index (χ1v) is 8.21. The van der Waals surface area contributed by atoms with Crippen LogP contribution >= 0.6 is 23.5 Å². The molecule has 1 aliphatic rings. The van der Waals surface area contributed by atoms with E-state index in [2.05, 4.69) is 32.0 Å². The maximum Gasteiger partial charge on any atom is 0.0899 e. The van der Waals surface area contributed by atoms with Gasteiger partial charge in [0.2, 0.25) is 0 Å². The monoisotopic (exact) mass is 296 g/mol. The van der Waals surface area contributed by atoms with Gasteiger partial charge >= 0.3 is 0 Å². The van der Waals surface area contributed by atoms with E-state index in [-0.39, 0.29) is 4.75 Å². The van der Waals surface area contributed by atoms with Gasteiger partial charge in [-0.25, -0.2) is 4.99 Å². The maximum atomic E-state index is 5.40. The van der Waals surface area contributed by atoms with Crippen molar-refractivity contribution in [2.45, 2.75) is 23.5 Å². The molecule has 0 radical (unpaired) electrons. The summed E-state index contributed by atoms with van der Waals surface area (Å²) in [5.74, 6) is 0.922. The summed E-state index contributed by atoms with van der Waals surface area (Å²) in [4.78, 5) is 6.05. The third-order valence-electron chi connectivity index (χ3n) is 2.70. The normalized spacial score (nSPS) is 16.9. The predicted molar refractivity (Wildman–Crippen MR) is 85.8 cm³/mol. The van der Waals surface area contributed by atoms with Gasteiger partial charge in [-0.2, -0.15) is 0 Å². The van der Waals surface area contributed by atoms with E-state index in [0.29, 0.717) is 13.2 Å². The van der Waals surface area contributed by atoms with Crippen molar-refractivity contribution in [2.24, 2.45) is 10.7 Å². The fourth-order valence-electron chi connectivity index (χ4n) is 1.79. The van der Waals surface area contributed by atoms with E-state index < -0.39 is 0 Å². The molecule has 0 unspecified atom stereocenters. The Balaban J connectivity index is 2.00. The quantitative estimate of drug-likeness (QED) is 0.847. The highest BCUT2D eigenvalue weighted by Gasteiger charge is 2.31. The molecular weight excluding hydrogens is 276 g/mol. The second-order valence-corrected chi connectivity index (χ2v) is 7.49. The van der Waals surface area contributed by atoms with E-state index in [9.17, 15) is 0 Å². The van der Waals surface area contributed by atoms with Crippen molar-refractivity contribution in [3.63, 3.8) is 0 Å². The van der Waals surface area contributed by atoms with Gasteiger partial charge in [-0.1, -0.05) is 12.1 Å². The van der Waals surface area contributed by atoms with Crippen molar-refractivity contribution < 1.29 is 4.74 Å². The lowest BCUT2D eigenvalue weighted by atomic mass is 10.2. The minimum atomic E-state index is 0.0346. The number of hydrogen-bond acceptors (Lipinski definition) is 5. The Morgan fingerprint density at radius 3 is 2.89 bits per heavy atom. The molecule has 0 bridgehead atoms. The fraction of sp³-hybridized carbons (Fsp3) is 0.500. The molecule has 0 aromatic heterocycles. The van der Waals surface area contributed by atoms with Gasteiger partial charge in [0.1, 0.15) is 0 Å². The molecule has 0 atom stereocenters. The van der Waals surface area contributed by atoms with Crippen LogP contribution in [0.3, 0.4) is 0 Å². The van der Waals surface area contributed by atoms with Crippen molar-refractivity contribution in [2.75, 3.05) is 25.5 Å². The zero-order chi connectivity index (χ0) is 13.7. The maximum absolute atomic E-state index is 5.40. The minimum Gasteiger partial charge on any atom is -0.379 e. The topological polar surface area (TPSA) is 47.6 Å². The molecule has 1 aromatic carbocycles. The Labute approximate surface area is 123 Å². The molecule has 0 aliphatic carbocycles. The predicted octanol–water partition coefficient (Wildman–Crippen LogP) is 3.31. The third kappa shape index (κ3) is 3.99. The van der Waals surface area contributed by atoms with E-state index in [1.54, 1.807) is 11.8 Å².